The Kier molecular flexibility index (Phi) is 4.16. The van der Waals surface area contributed by atoms with Gasteiger partial charge in [-0.2, -0.15) is 0 Å². The van der Waals surface area contributed by atoms with E-state index in [0.717, 1.165) is 12.8 Å². The Hall–Kier alpha value is -1.17. The van der Waals surface area contributed by atoms with E-state index < -0.39 is 4.92 Å². The summed E-state index contributed by atoms with van der Waals surface area (Å²) in [7, 11) is 0. The van der Waals surface area contributed by atoms with Crippen molar-refractivity contribution in [2.24, 2.45) is 11.7 Å². The Morgan fingerprint density at radius 3 is 2.72 bits per heavy atom. The predicted molar refractivity (Wildman–Crippen MR) is 68.6 cm³/mol. The molecule has 1 aliphatic rings. The number of rotatable bonds is 3. The molecule has 0 bridgehead atoms. The average Bonchev–Trinajstić information content (AvgIpc) is 2.38. The lowest BCUT2D eigenvalue weighted by atomic mass is 9.87. The van der Waals surface area contributed by atoms with Crippen LogP contribution < -0.4 is 5.73 Å². The molecule has 0 aliphatic carbocycles. The molecular formula is C12H15ClN2O3. The van der Waals surface area contributed by atoms with Crippen LogP contribution in [0.1, 0.15) is 24.4 Å². The number of nitro groups is 1. The first-order valence-electron chi connectivity index (χ1n) is 5.86. The van der Waals surface area contributed by atoms with Gasteiger partial charge in [0, 0.05) is 35.9 Å². The first-order chi connectivity index (χ1) is 8.59. The number of nitrogens with two attached hydrogens (primary N) is 1. The van der Waals surface area contributed by atoms with Crippen LogP contribution in [0.3, 0.4) is 0 Å². The van der Waals surface area contributed by atoms with Gasteiger partial charge in [-0.15, -0.1) is 0 Å². The zero-order chi connectivity index (χ0) is 13.1. The van der Waals surface area contributed by atoms with Gasteiger partial charge < -0.3 is 10.5 Å². The van der Waals surface area contributed by atoms with E-state index in [1.54, 1.807) is 6.07 Å². The molecule has 1 saturated heterocycles. The molecule has 0 amide bonds. The highest BCUT2D eigenvalue weighted by Gasteiger charge is 2.27. The molecule has 18 heavy (non-hydrogen) atoms. The largest absolute Gasteiger partial charge is 0.381 e. The smallest absolute Gasteiger partial charge is 0.274 e. The van der Waals surface area contributed by atoms with E-state index >= 15 is 0 Å². The fourth-order valence-electron chi connectivity index (χ4n) is 2.29. The number of ether oxygens (including phenoxy) is 1. The number of hydrogen-bond donors (Lipinski definition) is 1. The van der Waals surface area contributed by atoms with E-state index in [1.807, 2.05) is 0 Å². The number of benzene rings is 1. The molecule has 2 rings (SSSR count). The van der Waals surface area contributed by atoms with Gasteiger partial charge in [-0.25, -0.2) is 0 Å². The summed E-state index contributed by atoms with van der Waals surface area (Å²) in [6.45, 7) is 1.32. The third-order valence-corrected chi connectivity index (χ3v) is 3.55. The summed E-state index contributed by atoms with van der Waals surface area (Å²) in [6, 6.07) is 4.16. The van der Waals surface area contributed by atoms with Gasteiger partial charge in [0.15, 0.2) is 0 Å². The Balaban J connectivity index is 2.30. The molecule has 0 spiro atoms. The van der Waals surface area contributed by atoms with Crippen LogP contribution in [-0.4, -0.2) is 18.1 Å². The second-order valence-electron chi connectivity index (χ2n) is 4.44. The molecule has 98 valence electrons. The number of hydrogen-bond acceptors (Lipinski definition) is 4. The van der Waals surface area contributed by atoms with Gasteiger partial charge in [-0.05, 0) is 30.9 Å². The van der Waals surface area contributed by atoms with E-state index in [2.05, 4.69) is 0 Å². The zero-order valence-electron chi connectivity index (χ0n) is 9.84. The van der Waals surface area contributed by atoms with Gasteiger partial charge in [0.1, 0.15) is 0 Å². The lowest BCUT2D eigenvalue weighted by molar-refractivity contribution is -0.385. The van der Waals surface area contributed by atoms with Crippen molar-refractivity contribution in [1.82, 2.24) is 0 Å². The molecular weight excluding hydrogens is 256 g/mol. The van der Waals surface area contributed by atoms with E-state index in [0.29, 0.717) is 23.8 Å². The second kappa shape index (κ2) is 5.65. The Bertz CT molecular complexity index is 447. The normalized spacial score (nSPS) is 18.6. The first-order valence-corrected chi connectivity index (χ1v) is 6.24. The summed E-state index contributed by atoms with van der Waals surface area (Å²) in [5.41, 5.74) is 6.71. The van der Waals surface area contributed by atoms with Gasteiger partial charge in [-0.3, -0.25) is 10.1 Å². The molecule has 1 fully saturated rings. The maximum atomic E-state index is 11.0. The van der Waals surface area contributed by atoms with Gasteiger partial charge in [-0.1, -0.05) is 11.6 Å². The van der Waals surface area contributed by atoms with E-state index in [4.69, 9.17) is 22.1 Å². The molecule has 0 unspecified atom stereocenters. The first kappa shape index (κ1) is 13.3. The lowest BCUT2D eigenvalue weighted by Gasteiger charge is -2.27. The Morgan fingerprint density at radius 2 is 2.11 bits per heavy atom. The standard InChI is InChI=1S/C12H15ClN2O3/c13-9-1-2-11(15(16)17)10(7-9)12(14)8-3-5-18-6-4-8/h1-2,7-8,12H,3-6,14H2/t12-/m1/s1. The molecule has 6 heteroatoms. The monoisotopic (exact) mass is 270 g/mol. The van der Waals surface area contributed by atoms with Crippen LogP contribution in [0.2, 0.25) is 5.02 Å². The van der Waals surface area contributed by atoms with Crippen LogP contribution >= 0.6 is 11.6 Å². The van der Waals surface area contributed by atoms with Crippen LogP contribution in [0.25, 0.3) is 0 Å². The molecule has 1 heterocycles. The van der Waals surface area contributed by atoms with Gasteiger partial charge in [0.2, 0.25) is 0 Å². The summed E-state index contributed by atoms with van der Waals surface area (Å²) >= 11 is 5.90. The average molecular weight is 271 g/mol. The molecule has 1 aliphatic heterocycles. The van der Waals surface area contributed by atoms with Crippen molar-refractivity contribution in [3.63, 3.8) is 0 Å². The number of nitro benzene ring substituents is 1. The fourth-order valence-corrected chi connectivity index (χ4v) is 2.47. The third kappa shape index (κ3) is 2.80. The molecule has 2 N–H and O–H groups in total. The van der Waals surface area contributed by atoms with Crippen LogP contribution in [0.5, 0.6) is 0 Å². The Morgan fingerprint density at radius 1 is 1.44 bits per heavy atom. The summed E-state index contributed by atoms with van der Waals surface area (Å²) in [5, 5.41) is 11.5. The molecule has 1 aromatic carbocycles. The fraction of sp³-hybridized carbons (Fsp3) is 0.500. The topological polar surface area (TPSA) is 78.4 Å². The summed E-state index contributed by atoms with van der Waals surface area (Å²) < 4.78 is 5.27. The van der Waals surface area contributed by atoms with E-state index in [9.17, 15) is 10.1 Å². The van der Waals surface area contributed by atoms with Gasteiger partial charge in [0.05, 0.1) is 4.92 Å². The van der Waals surface area contributed by atoms with E-state index in [-0.39, 0.29) is 17.6 Å². The van der Waals surface area contributed by atoms with Crippen LogP contribution in [0, 0.1) is 16.0 Å². The van der Waals surface area contributed by atoms with Crippen molar-refractivity contribution in [2.75, 3.05) is 13.2 Å². The second-order valence-corrected chi connectivity index (χ2v) is 4.87. The van der Waals surface area contributed by atoms with Gasteiger partial charge in [0.25, 0.3) is 5.69 Å². The third-order valence-electron chi connectivity index (χ3n) is 3.32. The maximum absolute atomic E-state index is 11.0. The minimum absolute atomic E-state index is 0.0402. The summed E-state index contributed by atoms with van der Waals surface area (Å²) in [5.74, 6) is 0.205. The number of halogens is 1. The maximum Gasteiger partial charge on any atom is 0.274 e. The minimum atomic E-state index is -0.412. The van der Waals surface area contributed by atoms with Crippen molar-refractivity contribution in [2.45, 2.75) is 18.9 Å². The molecule has 5 nitrogen and oxygen atoms in total. The molecule has 0 aromatic heterocycles. The van der Waals surface area contributed by atoms with Gasteiger partial charge >= 0.3 is 0 Å². The zero-order valence-corrected chi connectivity index (χ0v) is 10.6. The van der Waals surface area contributed by atoms with Crippen molar-refractivity contribution in [3.05, 3.63) is 38.9 Å². The van der Waals surface area contributed by atoms with Crippen molar-refractivity contribution < 1.29 is 9.66 Å². The number of nitrogens with zero attached hydrogens (tertiary/aromatic N) is 1. The SMILES string of the molecule is N[C@@H](c1cc(Cl)ccc1[N+](=O)[O-])C1CCOCC1. The highest BCUT2D eigenvalue weighted by molar-refractivity contribution is 6.30. The highest BCUT2D eigenvalue weighted by atomic mass is 35.5. The quantitative estimate of drug-likeness (QED) is 0.676. The summed E-state index contributed by atoms with van der Waals surface area (Å²) in [4.78, 5) is 10.6. The lowest BCUT2D eigenvalue weighted by Crippen LogP contribution is -2.28. The highest BCUT2D eigenvalue weighted by Crippen LogP contribution is 2.34. The molecule has 0 radical (unpaired) electrons. The van der Waals surface area contributed by atoms with Crippen LogP contribution in [0.15, 0.2) is 18.2 Å². The molecule has 0 saturated carbocycles. The van der Waals surface area contributed by atoms with Crippen molar-refractivity contribution >= 4 is 17.3 Å². The minimum Gasteiger partial charge on any atom is -0.381 e. The van der Waals surface area contributed by atoms with Crippen LogP contribution in [0.4, 0.5) is 5.69 Å². The predicted octanol–water partition coefficient (Wildman–Crippen LogP) is 2.67. The Labute approximate surface area is 110 Å². The van der Waals surface area contributed by atoms with Crippen molar-refractivity contribution in [3.8, 4) is 0 Å². The van der Waals surface area contributed by atoms with Crippen molar-refractivity contribution in [1.29, 1.82) is 0 Å². The van der Waals surface area contributed by atoms with Crippen LogP contribution in [-0.2, 0) is 4.74 Å². The van der Waals surface area contributed by atoms with E-state index in [1.165, 1.54) is 12.1 Å². The summed E-state index contributed by atoms with van der Waals surface area (Å²) in [6.07, 6.45) is 1.65. The molecule has 1 atom stereocenters. The molecule has 1 aromatic rings.